The SMILES string of the molecule is Cc1c(C)c(S(=O)(=O)NC(N)=NCCC[C@@H]2NC(=O)[C@H]([C@@H](C)OC(C)(C)C)NC(=O)[C@H]([C@@H](C)OC(C)(C)C)NC(=O)[C@H]([C@@H](C)OC(C)(C)C)NC(=O)[C@H](CSCC(N)=O)NC(=O)C[C@@H](C(=O)O)NC2=O)c(C)c2c1CC(C)(C)O2. The van der Waals surface area contributed by atoms with Crippen molar-refractivity contribution in [3.05, 3.63) is 22.3 Å². The normalized spacial score (nSPS) is 23.6. The van der Waals surface area contributed by atoms with Gasteiger partial charge in [0, 0.05) is 29.8 Å². The minimum absolute atomic E-state index is 0.0325. The second kappa shape index (κ2) is 27.1. The molecular weight excluding hydrogens is 1070 g/mol. The van der Waals surface area contributed by atoms with Crippen molar-refractivity contribution in [3.63, 3.8) is 0 Å². The van der Waals surface area contributed by atoms with E-state index in [2.05, 4.69) is 41.6 Å². The Kier molecular flexibility index (Phi) is 23.2. The van der Waals surface area contributed by atoms with Crippen LogP contribution in [0.5, 0.6) is 5.75 Å². The lowest BCUT2D eigenvalue weighted by molar-refractivity contribution is -0.147. The summed E-state index contributed by atoms with van der Waals surface area (Å²) >= 11 is 0.850. The van der Waals surface area contributed by atoms with Gasteiger partial charge in [-0.15, -0.1) is 11.8 Å². The Balaban J connectivity index is 2.17. The zero-order valence-electron chi connectivity index (χ0n) is 48.7. The highest BCUT2D eigenvalue weighted by molar-refractivity contribution is 8.00. The molecule has 446 valence electrons. The fourth-order valence-electron chi connectivity index (χ4n) is 9.09. The van der Waals surface area contributed by atoms with Gasteiger partial charge in [-0.25, -0.2) is 17.9 Å². The molecule has 2 aliphatic heterocycles. The van der Waals surface area contributed by atoms with E-state index in [1.807, 2.05) is 20.8 Å². The number of hydrogen-bond donors (Lipinski definition) is 10. The molecule has 3 rings (SSSR count). The van der Waals surface area contributed by atoms with E-state index in [0.29, 0.717) is 23.3 Å². The van der Waals surface area contributed by atoms with E-state index in [-0.39, 0.29) is 35.8 Å². The van der Waals surface area contributed by atoms with Gasteiger partial charge in [-0.2, -0.15) is 0 Å². The molecule has 12 N–H and O–H groups in total. The molecule has 7 amide bonds. The van der Waals surface area contributed by atoms with E-state index in [4.69, 9.17) is 30.4 Å². The van der Waals surface area contributed by atoms with E-state index in [1.165, 1.54) is 20.8 Å². The molecule has 1 fully saturated rings. The van der Waals surface area contributed by atoms with Gasteiger partial charge in [0.05, 0.1) is 52.2 Å². The average Bonchev–Trinajstić information content (AvgIpc) is 3.61. The number of ether oxygens (including phenoxy) is 4. The predicted octanol–water partition coefficient (Wildman–Crippen LogP) is 0.925. The minimum Gasteiger partial charge on any atom is -0.487 e. The van der Waals surface area contributed by atoms with Crippen molar-refractivity contribution in [3.8, 4) is 5.75 Å². The maximum atomic E-state index is 14.8. The third-order valence-electron chi connectivity index (χ3n) is 12.3. The third-order valence-corrected chi connectivity index (χ3v) is 15.0. The first-order chi connectivity index (χ1) is 36.0. The van der Waals surface area contributed by atoms with Crippen LogP contribution in [0.4, 0.5) is 0 Å². The summed E-state index contributed by atoms with van der Waals surface area (Å²) in [5.41, 5.74) is 10.8. The number of hydrogen-bond acceptors (Lipinski definition) is 16. The molecule has 1 aromatic carbocycles. The number of carbonyl (C=O) groups excluding carboxylic acids is 7. The number of rotatable bonds is 17. The number of carboxylic acids is 1. The fourth-order valence-corrected chi connectivity index (χ4v) is 11.4. The maximum absolute atomic E-state index is 14.8. The summed E-state index contributed by atoms with van der Waals surface area (Å²) in [6, 6.07) is -10.0. The van der Waals surface area contributed by atoms with E-state index in [0.717, 1.165) is 22.9 Å². The first-order valence-corrected chi connectivity index (χ1v) is 28.7. The van der Waals surface area contributed by atoms with Crippen molar-refractivity contribution >= 4 is 75.1 Å². The van der Waals surface area contributed by atoms with E-state index in [1.54, 1.807) is 76.2 Å². The number of carboxylic acid groups (broad SMARTS) is 1. The van der Waals surface area contributed by atoms with Crippen LogP contribution in [0.25, 0.3) is 0 Å². The van der Waals surface area contributed by atoms with Gasteiger partial charge in [-0.3, -0.25) is 38.6 Å². The summed E-state index contributed by atoms with van der Waals surface area (Å²) in [4.78, 5) is 115. The standard InChI is InChI=1S/C52H86N10O15S2/c1-25-26(2)41(27(3)40-31(25)22-52(16,17)77-40)79(72,73)62-48(54)55-20-18-19-32-42(65)58-33(47(70)71)21-36(64)56-34(23-78-24-35(53)63)43(66)59-38(29(5)75-50(10,11)12)45(68)61-39(30(6)76-51(13,14)15)46(69)60-37(44(67)57-32)28(4)74-49(7,8)9/h28-30,32-34,37-39H,18-24H2,1-17H3,(H2,53,63)(H,56,64)(H,57,67)(H,58,65)(H,59,66)(H,60,69)(H,61,68)(H,70,71)(H3,54,55,62)/t28-,29-,30-,32+,33+,34+,37+,38+,39+/m1/s1. The average molecular weight is 1160 g/mol. The number of thioether (sulfide) groups is 1. The fraction of sp³-hybridized carbons (Fsp3) is 0.712. The second-order valence-corrected chi connectivity index (χ2v) is 26.2. The Morgan fingerprint density at radius 3 is 1.63 bits per heavy atom. The van der Waals surface area contributed by atoms with Crippen LogP contribution in [0.1, 0.15) is 138 Å². The number of fused-ring (bicyclic) bond motifs is 1. The van der Waals surface area contributed by atoms with Crippen molar-refractivity contribution in [1.82, 2.24) is 36.6 Å². The lowest BCUT2D eigenvalue weighted by Gasteiger charge is -2.36. The number of aliphatic carboxylic acids is 1. The first kappa shape index (κ1) is 67.5. The quantitative estimate of drug-likeness (QED) is 0.0589. The number of primary amides is 1. The zero-order chi connectivity index (χ0) is 60.5. The van der Waals surface area contributed by atoms with Gasteiger partial charge in [0.2, 0.25) is 47.3 Å². The first-order valence-electron chi connectivity index (χ1n) is 26.1. The Hall–Kier alpha value is -5.77. The Morgan fingerprint density at radius 2 is 1.18 bits per heavy atom. The number of nitrogens with one attached hydrogen (secondary N) is 7. The Morgan fingerprint density at radius 1 is 0.722 bits per heavy atom. The smallest absolute Gasteiger partial charge is 0.326 e. The van der Waals surface area contributed by atoms with Gasteiger partial charge in [-0.1, -0.05) is 0 Å². The highest BCUT2D eigenvalue weighted by atomic mass is 32.2. The van der Waals surface area contributed by atoms with Gasteiger partial charge in [-0.05, 0) is 142 Å². The molecule has 0 aromatic heterocycles. The van der Waals surface area contributed by atoms with Gasteiger partial charge < -0.3 is 67.4 Å². The molecule has 0 unspecified atom stereocenters. The van der Waals surface area contributed by atoms with Crippen LogP contribution in [-0.2, 0) is 69.0 Å². The number of carbonyl (C=O) groups is 8. The summed E-state index contributed by atoms with van der Waals surface area (Å²) < 4.78 is 54.7. The molecule has 0 radical (unpaired) electrons. The summed E-state index contributed by atoms with van der Waals surface area (Å²) in [6.07, 6.45) is -4.22. The molecule has 79 heavy (non-hydrogen) atoms. The summed E-state index contributed by atoms with van der Waals surface area (Å²) in [6.45, 7) is 28.5. The van der Waals surface area contributed by atoms with Gasteiger partial charge in [0.1, 0.15) is 47.6 Å². The molecule has 9 atom stereocenters. The van der Waals surface area contributed by atoms with Crippen molar-refractivity contribution in [2.24, 2.45) is 16.5 Å². The number of sulfonamides is 1. The van der Waals surface area contributed by atoms with E-state index < -0.39 is 147 Å². The molecule has 0 saturated carbocycles. The van der Waals surface area contributed by atoms with Crippen molar-refractivity contribution in [1.29, 1.82) is 0 Å². The van der Waals surface area contributed by atoms with Crippen molar-refractivity contribution in [2.45, 2.75) is 225 Å². The number of amides is 7. The Bertz CT molecular complexity index is 2590. The number of benzene rings is 1. The molecule has 25 nitrogen and oxygen atoms in total. The molecule has 0 spiro atoms. The summed E-state index contributed by atoms with van der Waals surface area (Å²) in [5, 5.41) is 25.6. The summed E-state index contributed by atoms with van der Waals surface area (Å²) in [5.74, 6) is -9.17. The topological polar surface area (TPSA) is 376 Å². The van der Waals surface area contributed by atoms with Crippen LogP contribution in [0, 0.1) is 20.8 Å². The van der Waals surface area contributed by atoms with Crippen molar-refractivity contribution in [2.75, 3.05) is 18.1 Å². The highest BCUT2D eigenvalue weighted by Crippen LogP contribution is 2.44. The minimum atomic E-state index is -4.34. The number of guanidine groups is 1. The molecule has 1 saturated heterocycles. The number of aliphatic imine (C=N–C) groups is 1. The van der Waals surface area contributed by atoms with Crippen molar-refractivity contribution < 1.29 is 70.8 Å². The molecule has 1 aromatic rings. The van der Waals surface area contributed by atoms with Gasteiger partial charge in [0.15, 0.2) is 0 Å². The summed E-state index contributed by atoms with van der Waals surface area (Å²) in [7, 11) is -4.34. The largest absolute Gasteiger partial charge is 0.487 e. The monoisotopic (exact) mass is 1150 g/mol. The molecule has 27 heteroatoms. The van der Waals surface area contributed by atoms with Gasteiger partial charge in [0.25, 0.3) is 10.0 Å². The lowest BCUT2D eigenvalue weighted by atomic mass is 9.93. The van der Waals surface area contributed by atoms with Crippen LogP contribution in [0.3, 0.4) is 0 Å². The molecule has 0 aliphatic carbocycles. The van der Waals surface area contributed by atoms with Crippen LogP contribution < -0.4 is 52.8 Å². The third kappa shape index (κ3) is 20.7. The molecule has 2 heterocycles. The number of nitrogens with zero attached hydrogens (tertiary/aromatic N) is 1. The maximum Gasteiger partial charge on any atom is 0.326 e. The molecular formula is C52H86N10O15S2. The molecule has 0 bridgehead atoms. The van der Waals surface area contributed by atoms with Crippen LogP contribution >= 0.6 is 11.8 Å². The Labute approximate surface area is 468 Å². The van der Waals surface area contributed by atoms with E-state index >= 15 is 0 Å². The van der Waals surface area contributed by atoms with E-state index in [9.17, 15) is 51.9 Å². The van der Waals surface area contributed by atoms with Crippen LogP contribution in [0.15, 0.2) is 9.89 Å². The van der Waals surface area contributed by atoms with Crippen LogP contribution in [-0.4, -0.2) is 162 Å². The van der Waals surface area contributed by atoms with Crippen LogP contribution in [0.2, 0.25) is 0 Å². The number of nitrogens with two attached hydrogens (primary N) is 2. The molecule has 2 aliphatic rings. The zero-order valence-corrected chi connectivity index (χ0v) is 50.4. The second-order valence-electron chi connectivity index (χ2n) is 23.6. The lowest BCUT2D eigenvalue weighted by Crippen LogP contribution is -2.65. The van der Waals surface area contributed by atoms with Gasteiger partial charge >= 0.3 is 5.97 Å². The predicted molar refractivity (Wildman–Crippen MR) is 296 cm³/mol. The highest BCUT2D eigenvalue weighted by Gasteiger charge is 2.42.